The van der Waals surface area contributed by atoms with Gasteiger partial charge in [0.05, 0.1) is 11.0 Å². The summed E-state index contributed by atoms with van der Waals surface area (Å²) in [6.07, 6.45) is 0. The van der Waals surface area contributed by atoms with Gasteiger partial charge in [-0.1, -0.05) is 15.9 Å². The first kappa shape index (κ1) is 12.8. The summed E-state index contributed by atoms with van der Waals surface area (Å²) in [4.78, 5) is 16.5. The second-order valence-corrected chi connectivity index (χ2v) is 5.39. The van der Waals surface area contributed by atoms with E-state index in [4.69, 9.17) is 23.2 Å². The van der Waals surface area contributed by atoms with Gasteiger partial charge < -0.3 is 0 Å². The van der Waals surface area contributed by atoms with E-state index in [1.54, 1.807) is 11.5 Å². The molecule has 3 aromatic rings. The highest BCUT2D eigenvalue weighted by Gasteiger charge is 2.14. The van der Waals surface area contributed by atoms with Crippen LogP contribution in [0.15, 0.2) is 22.7 Å². The van der Waals surface area contributed by atoms with Crippen molar-refractivity contribution in [2.75, 3.05) is 0 Å². The minimum Gasteiger partial charge on any atom is -0.251 e. The molecule has 2 heterocycles. The Bertz CT molecular complexity index is 766. The molecule has 0 aliphatic heterocycles. The first-order chi connectivity index (χ1) is 9.04. The van der Waals surface area contributed by atoms with Crippen molar-refractivity contribution in [3.8, 4) is 5.95 Å². The van der Waals surface area contributed by atoms with Crippen LogP contribution < -0.4 is 0 Å². The van der Waals surface area contributed by atoms with Crippen molar-refractivity contribution in [1.82, 2.24) is 24.5 Å². The molecule has 0 bridgehead atoms. The minimum atomic E-state index is 0.121. The molecule has 3 rings (SSSR count). The molecule has 0 saturated heterocycles. The quantitative estimate of drug-likeness (QED) is 0.667. The zero-order chi connectivity index (χ0) is 13.6. The lowest BCUT2D eigenvalue weighted by Crippen LogP contribution is -2.04. The number of hydrogen-bond acceptors (Lipinski definition) is 4. The summed E-state index contributed by atoms with van der Waals surface area (Å²) in [6, 6.07) is 5.64. The van der Waals surface area contributed by atoms with Gasteiger partial charge in [-0.2, -0.15) is 9.97 Å². The van der Waals surface area contributed by atoms with Crippen LogP contribution in [-0.4, -0.2) is 24.5 Å². The maximum Gasteiger partial charge on any atom is 0.241 e. The van der Waals surface area contributed by atoms with Crippen molar-refractivity contribution in [3.63, 3.8) is 0 Å². The fourth-order valence-electron chi connectivity index (χ4n) is 1.75. The van der Waals surface area contributed by atoms with Crippen LogP contribution in [0.3, 0.4) is 0 Å². The fourth-order valence-corrected chi connectivity index (χ4v) is 2.55. The van der Waals surface area contributed by atoms with Crippen LogP contribution >= 0.6 is 39.1 Å². The summed E-state index contributed by atoms with van der Waals surface area (Å²) in [5, 5.41) is 0.394. The molecule has 1 aromatic carbocycles. The lowest BCUT2D eigenvalue weighted by Gasteiger charge is -2.04. The molecule has 19 heavy (non-hydrogen) atoms. The van der Waals surface area contributed by atoms with Crippen molar-refractivity contribution in [1.29, 1.82) is 0 Å². The van der Waals surface area contributed by atoms with Crippen molar-refractivity contribution in [3.05, 3.63) is 39.1 Å². The van der Waals surface area contributed by atoms with Crippen LogP contribution in [0.2, 0.25) is 10.6 Å². The van der Waals surface area contributed by atoms with Gasteiger partial charge >= 0.3 is 0 Å². The van der Waals surface area contributed by atoms with E-state index >= 15 is 0 Å². The Morgan fingerprint density at radius 3 is 2.63 bits per heavy atom. The molecule has 5 nitrogen and oxygen atoms in total. The normalized spacial score (nSPS) is 11.2. The predicted octanol–water partition coefficient (Wildman–Crippen LogP) is 3.59. The number of aromatic nitrogens is 5. The number of benzene rings is 1. The summed E-state index contributed by atoms with van der Waals surface area (Å²) in [5.74, 6) is 0.867. The molecule has 96 valence electrons. The lowest BCUT2D eigenvalue weighted by atomic mass is 10.3. The number of aryl methyl sites for hydroxylation is 1. The molecule has 0 aliphatic carbocycles. The maximum absolute atomic E-state index is 6.15. The molecule has 0 radical (unpaired) electrons. The van der Waals surface area contributed by atoms with Gasteiger partial charge in [0.1, 0.15) is 5.82 Å². The monoisotopic (exact) mass is 357 g/mol. The van der Waals surface area contributed by atoms with E-state index in [-0.39, 0.29) is 10.6 Å². The van der Waals surface area contributed by atoms with Crippen LogP contribution in [0.25, 0.3) is 17.0 Å². The molecule has 0 saturated carbocycles. The SMILES string of the molecule is Cc1nc(Cl)nc(-n2c(Cl)nc3ccc(Br)cc32)n1. The van der Waals surface area contributed by atoms with E-state index in [2.05, 4.69) is 35.9 Å². The van der Waals surface area contributed by atoms with Crippen molar-refractivity contribution in [2.45, 2.75) is 6.92 Å². The van der Waals surface area contributed by atoms with E-state index < -0.39 is 0 Å². The number of halogens is 3. The number of nitrogens with zero attached hydrogens (tertiary/aromatic N) is 5. The van der Waals surface area contributed by atoms with Gasteiger partial charge in [-0.15, -0.1) is 0 Å². The van der Waals surface area contributed by atoms with Gasteiger partial charge in [-0.25, -0.2) is 9.97 Å². The predicted molar refractivity (Wildman–Crippen MR) is 76.9 cm³/mol. The van der Waals surface area contributed by atoms with Crippen molar-refractivity contribution >= 4 is 50.2 Å². The first-order valence-electron chi connectivity index (χ1n) is 5.26. The third kappa shape index (κ3) is 2.31. The molecule has 0 atom stereocenters. The molecule has 8 heteroatoms. The van der Waals surface area contributed by atoms with Gasteiger partial charge in [0.2, 0.25) is 16.5 Å². The first-order valence-corrected chi connectivity index (χ1v) is 6.81. The highest BCUT2D eigenvalue weighted by molar-refractivity contribution is 9.10. The molecule has 0 fully saturated rings. The smallest absolute Gasteiger partial charge is 0.241 e. The van der Waals surface area contributed by atoms with Gasteiger partial charge in [0.15, 0.2) is 0 Å². The summed E-state index contributed by atoms with van der Waals surface area (Å²) < 4.78 is 2.54. The number of imidazole rings is 1. The molecule has 0 aliphatic rings. The second-order valence-electron chi connectivity index (χ2n) is 3.80. The maximum atomic E-state index is 6.15. The van der Waals surface area contributed by atoms with Gasteiger partial charge in [-0.05, 0) is 48.3 Å². The van der Waals surface area contributed by atoms with Crippen LogP contribution in [0.4, 0.5) is 0 Å². The zero-order valence-corrected chi connectivity index (χ0v) is 12.7. The molecular weight excluding hydrogens is 353 g/mol. The fraction of sp³-hybridized carbons (Fsp3) is 0.0909. The van der Waals surface area contributed by atoms with Gasteiger partial charge in [0, 0.05) is 4.47 Å². The van der Waals surface area contributed by atoms with Crippen LogP contribution in [0.1, 0.15) is 5.82 Å². The molecule has 0 amide bonds. The standard InChI is InChI=1S/C11H6BrCl2N5/c1-5-15-9(13)18-11(16-5)19-8-4-6(12)2-3-7(8)17-10(19)14/h2-4H,1H3. The summed E-state index contributed by atoms with van der Waals surface area (Å²) in [6.45, 7) is 1.74. The molecule has 0 spiro atoms. The van der Waals surface area contributed by atoms with Crippen LogP contribution in [-0.2, 0) is 0 Å². The average Bonchev–Trinajstić information content (AvgIpc) is 2.63. The van der Waals surface area contributed by atoms with E-state index in [9.17, 15) is 0 Å². The average molecular weight is 359 g/mol. The number of rotatable bonds is 1. The summed E-state index contributed by atoms with van der Waals surface area (Å²) in [5.41, 5.74) is 1.54. The van der Waals surface area contributed by atoms with Gasteiger partial charge in [-0.3, -0.25) is 4.57 Å². The van der Waals surface area contributed by atoms with E-state index in [0.29, 0.717) is 11.8 Å². The van der Waals surface area contributed by atoms with Gasteiger partial charge in [0.25, 0.3) is 0 Å². The number of fused-ring (bicyclic) bond motifs is 1. The molecular formula is C11H6BrCl2N5. The molecule has 0 unspecified atom stereocenters. The largest absolute Gasteiger partial charge is 0.251 e. The Hall–Kier alpha value is -1.24. The van der Waals surface area contributed by atoms with Crippen molar-refractivity contribution in [2.24, 2.45) is 0 Å². The van der Waals surface area contributed by atoms with E-state index in [1.165, 1.54) is 0 Å². The van der Waals surface area contributed by atoms with Crippen LogP contribution in [0.5, 0.6) is 0 Å². The second kappa shape index (κ2) is 4.70. The zero-order valence-electron chi connectivity index (χ0n) is 9.60. The molecule has 0 N–H and O–H groups in total. The minimum absolute atomic E-state index is 0.121. The van der Waals surface area contributed by atoms with Crippen LogP contribution in [0, 0.1) is 6.92 Å². The molecule has 2 aromatic heterocycles. The Morgan fingerprint density at radius 2 is 1.89 bits per heavy atom. The Morgan fingerprint density at radius 1 is 1.11 bits per heavy atom. The highest BCUT2D eigenvalue weighted by Crippen LogP contribution is 2.25. The van der Waals surface area contributed by atoms with E-state index in [1.807, 2.05) is 18.2 Å². The highest BCUT2D eigenvalue weighted by atomic mass is 79.9. The van der Waals surface area contributed by atoms with Crippen molar-refractivity contribution < 1.29 is 0 Å². The Balaban J connectivity index is 2.35. The Kier molecular flexibility index (Phi) is 3.16. The Labute approximate surface area is 126 Å². The topological polar surface area (TPSA) is 56.5 Å². The van der Waals surface area contributed by atoms with E-state index in [0.717, 1.165) is 15.5 Å². The lowest BCUT2D eigenvalue weighted by molar-refractivity contribution is 0.880. The third-order valence-electron chi connectivity index (χ3n) is 2.48. The number of hydrogen-bond donors (Lipinski definition) is 0. The third-order valence-corrected chi connectivity index (χ3v) is 3.40. The summed E-state index contributed by atoms with van der Waals surface area (Å²) >= 11 is 15.4. The summed E-state index contributed by atoms with van der Waals surface area (Å²) in [7, 11) is 0.